The Morgan fingerprint density at radius 1 is 1.21 bits per heavy atom. The molecule has 0 amide bonds. The first kappa shape index (κ1) is 17.1. The minimum atomic E-state index is 0.244. The highest BCUT2D eigenvalue weighted by atomic mass is 79.9. The monoisotopic (exact) mass is 390 g/mol. The maximum Gasteiger partial charge on any atom is 0.156 e. The van der Waals surface area contributed by atoms with E-state index in [1.54, 1.807) is 0 Å². The lowest BCUT2D eigenvalue weighted by molar-refractivity contribution is -0.116. The van der Waals surface area contributed by atoms with Gasteiger partial charge in [-0.15, -0.1) is 0 Å². The Kier molecular flexibility index (Phi) is 4.14. The fourth-order valence-electron chi connectivity index (χ4n) is 7.08. The molecule has 132 valence electrons. The number of rotatable bonds is 2. The number of halogens is 1. The van der Waals surface area contributed by atoms with E-state index in [1.165, 1.54) is 31.3 Å². The van der Waals surface area contributed by atoms with E-state index in [0.717, 1.165) is 47.8 Å². The summed E-state index contributed by atoms with van der Waals surface area (Å²) >= 11 is 3.74. The number of alkyl halides is 1. The normalized spacial score (nSPS) is 48.3. The van der Waals surface area contributed by atoms with Crippen LogP contribution in [0.3, 0.4) is 0 Å². The second-order valence-electron chi connectivity index (χ2n) is 9.49. The fourth-order valence-corrected chi connectivity index (χ4v) is 7.53. The maximum atomic E-state index is 11.9. The molecule has 1 nitrogen and oxygen atoms in total. The van der Waals surface area contributed by atoms with E-state index < -0.39 is 0 Å². The van der Waals surface area contributed by atoms with Gasteiger partial charge in [-0.25, -0.2) is 0 Å². The standard InChI is InChI=1S/C22H31BrO/c1-14(13-23)18-6-7-19-17-5-4-15-12-16(24)8-10-21(15,2)20(17)9-11-22(18,19)3/h4-5,12,14,17-20H,6-11,13H2,1-3H3/t14-,17?,18-,19?,20?,21+,22-/m1/s1. The summed E-state index contributed by atoms with van der Waals surface area (Å²) in [7, 11) is 0. The molecule has 3 unspecified atom stereocenters. The van der Waals surface area contributed by atoms with Crippen LogP contribution in [0.2, 0.25) is 0 Å². The van der Waals surface area contributed by atoms with Crippen molar-refractivity contribution in [2.75, 3.05) is 5.33 Å². The van der Waals surface area contributed by atoms with Crippen molar-refractivity contribution in [2.24, 2.45) is 40.4 Å². The third kappa shape index (κ3) is 2.27. The molecule has 0 aromatic carbocycles. The second-order valence-corrected chi connectivity index (χ2v) is 10.1. The van der Waals surface area contributed by atoms with Crippen molar-refractivity contribution in [2.45, 2.75) is 59.3 Å². The maximum absolute atomic E-state index is 11.9. The quantitative estimate of drug-likeness (QED) is 0.532. The van der Waals surface area contributed by atoms with Gasteiger partial charge >= 0.3 is 0 Å². The first-order valence-corrected chi connectivity index (χ1v) is 11.0. The molecular formula is C22H31BrO. The largest absolute Gasteiger partial charge is 0.295 e. The van der Waals surface area contributed by atoms with Crippen molar-refractivity contribution in [3.05, 3.63) is 23.8 Å². The van der Waals surface area contributed by atoms with Crippen molar-refractivity contribution >= 4 is 21.7 Å². The molecule has 0 N–H and O–H groups in total. The van der Waals surface area contributed by atoms with E-state index in [9.17, 15) is 4.79 Å². The van der Waals surface area contributed by atoms with Crippen molar-refractivity contribution in [3.8, 4) is 0 Å². The summed E-state index contributed by atoms with van der Waals surface area (Å²) in [5.74, 6) is 4.30. The van der Waals surface area contributed by atoms with Gasteiger partial charge in [0.25, 0.3) is 0 Å². The van der Waals surface area contributed by atoms with Gasteiger partial charge in [0.2, 0.25) is 0 Å². The van der Waals surface area contributed by atoms with Gasteiger partial charge in [0.15, 0.2) is 5.78 Å². The predicted molar refractivity (Wildman–Crippen MR) is 103 cm³/mol. The number of carbonyl (C=O) groups excluding carboxylic acids is 1. The van der Waals surface area contributed by atoms with Gasteiger partial charge in [-0.05, 0) is 84.2 Å². The molecule has 0 bridgehead atoms. The zero-order valence-corrected chi connectivity index (χ0v) is 16.9. The number of hydrogen-bond donors (Lipinski definition) is 0. The van der Waals surface area contributed by atoms with Crippen LogP contribution < -0.4 is 0 Å². The average molecular weight is 391 g/mol. The van der Waals surface area contributed by atoms with E-state index in [0.29, 0.717) is 11.2 Å². The van der Waals surface area contributed by atoms with Crippen LogP contribution in [-0.2, 0) is 4.79 Å². The molecule has 0 aromatic heterocycles. The van der Waals surface area contributed by atoms with Crippen LogP contribution in [0.4, 0.5) is 0 Å². The van der Waals surface area contributed by atoms with Crippen LogP contribution in [0.5, 0.6) is 0 Å². The molecule has 0 spiro atoms. The minimum Gasteiger partial charge on any atom is -0.295 e. The number of ketones is 1. The zero-order chi connectivity index (χ0) is 17.1. The summed E-state index contributed by atoms with van der Waals surface area (Å²) in [6.07, 6.45) is 14.1. The third-order valence-corrected chi connectivity index (χ3v) is 9.54. The van der Waals surface area contributed by atoms with E-state index in [4.69, 9.17) is 0 Å². The van der Waals surface area contributed by atoms with Crippen LogP contribution in [-0.4, -0.2) is 11.1 Å². The smallest absolute Gasteiger partial charge is 0.156 e. The van der Waals surface area contributed by atoms with Gasteiger partial charge in [0.1, 0.15) is 0 Å². The molecule has 4 aliphatic carbocycles. The van der Waals surface area contributed by atoms with E-state index in [1.807, 2.05) is 6.08 Å². The molecule has 0 aromatic rings. The fraction of sp³-hybridized carbons (Fsp3) is 0.773. The SMILES string of the molecule is C[C@H](CBr)[C@H]1CCC2C3C=CC4=CC(=O)CC[C@]4(C)C3CC[C@@]21C. The highest BCUT2D eigenvalue weighted by Gasteiger charge is 2.58. The Morgan fingerprint density at radius 2 is 2.00 bits per heavy atom. The topological polar surface area (TPSA) is 17.1 Å². The van der Waals surface area contributed by atoms with Crippen molar-refractivity contribution in [1.82, 2.24) is 0 Å². The van der Waals surface area contributed by atoms with Crippen molar-refractivity contribution < 1.29 is 4.79 Å². The zero-order valence-electron chi connectivity index (χ0n) is 15.4. The van der Waals surface area contributed by atoms with Crippen molar-refractivity contribution in [1.29, 1.82) is 0 Å². The highest BCUT2D eigenvalue weighted by molar-refractivity contribution is 9.09. The Morgan fingerprint density at radius 3 is 2.75 bits per heavy atom. The van der Waals surface area contributed by atoms with Gasteiger partial charge in [0, 0.05) is 11.8 Å². The molecule has 0 saturated heterocycles. The number of carbonyl (C=O) groups is 1. The van der Waals surface area contributed by atoms with Crippen LogP contribution in [0.1, 0.15) is 59.3 Å². The van der Waals surface area contributed by atoms with Gasteiger partial charge in [0.05, 0.1) is 0 Å². The van der Waals surface area contributed by atoms with Gasteiger partial charge in [-0.2, -0.15) is 0 Å². The third-order valence-electron chi connectivity index (χ3n) is 8.52. The summed E-state index contributed by atoms with van der Waals surface area (Å²) in [6, 6.07) is 0. The number of allylic oxidation sites excluding steroid dienone is 4. The molecule has 0 aliphatic heterocycles. The molecule has 4 rings (SSSR count). The lowest BCUT2D eigenvalue weighted by Gasteiger charge is -2.56. The average Bonchev–Trinajstić information content (AvgIpc) is 2.92. The number of hydrogen-bond acceptors (Lipinski definition) is 1. The molecule has 24 heavy (non-hydrogen) atoms. The summed E-state index contributed by atoms with van der Waals surface area (Å²) in [5.41, 5.74) is 2.08. The molecule has 2 fully saturated rings. The van der Waals surface area contributed by atoms with Crippen LogP contribution in [0, 0.1) is 40.4 Å². The van der Waals surface area contributed by atoms with E-state index >= 15 is 0 Å². The number of fused-ring (bicyclic) bond motifs is 5. The van der Waals surface area contributed by atoms with E-state index in [-0.39, 0.29) is 5.41 Å². The van der Waals surface area contributed by atoms with Gasteiger partial charge < -0.3 is 0 Å². The molecule has 2 heteroatoms. The molecule has 4 aliphatic rings. The Bertz CT molecular complexity index is 605. The van der Waals surface area contributed by atoms with E-state index in [2.05, 4.69) is 48.9 Å². The lowest BCUT2D eigenvalue weighted by Crippen LogP contribution is -2.49. The van der Waals surface area contributed by atoms with Gasteiger partial charge in [-0.1, -0.05) is 48.9 Å². The van der Waals surface area contributed by atoms with Crippen LogP contribution in [0.25, 0.3) is 0 Å². The lowest BCUT2D eigenvalue weighted by atomic mass is 9.48. The first-order chi connectivity index (χ1) is 11.4. The summed E-state index contributed by atoms with van der Waals surface area (Å²) in [6.45, 7) is 7.48. The second kappa shape index (κ2) is 5.83. The van der Waals surface area contributed by atoms with Crippen molar-refractivity contribution in [3.63, 3.8) is 0 Å². The minimum absolute atomic E-state index is 0.244. The van der Waals surface area contributed by atoms with Crippen LogP contribution in [0.15, 0.2) is 23.8 Å². The summed E-state index contributed by atoms with van der Waals surface area (Å²) in [4.78, 5) is 11.9. The molecule has 2 saturated carbocycles. The Labute approximate surface area is 155 Å². The molecule has 7 atom stereocenters. The molecule has 0 radical (unpaired) electrons. The summed E-state index contributed by atoms with van der Waals surface area (Å²) < 4.78 is 0. The highest BCUT2D eigenvalue weighted by Crippen LogP contribution is 2.66. The summed E-state index contributed by atoms with van der Waals surface area (Å²) in [5, 5.41) is 1.14. The Hall–Kier alpha value is -0.370. The van der Waals surface area contributed by atoms with Gasteiger partial charge in [-0.3, -0.25) is 4.79 Å². The first-order valence-electron chi connectivity index (χ1n) is 9.89. The molecular weight excluding hydrogens is 360 g/mol. The Balaban J connectivity index is 1.68. The van der Waals surface area contributed by atoms with Crippen LogP contribution >= 0.6 is 15.9 Å². The predicted octanol–water partition coefficient (Wildman–Crippen LogP) is 5.94. The molecule has 0 heterocycles.